The zero-order valence-electron chi connectivity index (χ0n) is 11.9. The molecule has 2 aromatic rings. The number of nitrogens with two attached hydrogens (primary N) is 1. The van der Waals surface area contributed by atoms with Crippen molar-refractivity contribution in [1.29, 1.82) is 0 Å². The maximum absolute atomic E-state index is 13.1. The minimum Gasteiger partial charge on any atom is -0.494 e. The highest BCUT2D eigenvalue weighted by Gasteiger charge is 2.10. The van der Waals surface area contributed by atoms with Crippen LogP contribution in [-0.2, 0) is 0 Å². The summed E-state index contributed by atoms with van der Waals surface area (Å²) in [5, 5.41) is 2.77. The Balaban J connectivity index is 2.17. The molecule has 2 rings (SSSR count). The van der Waals surface area contributed by atoms with Crippen LogP contribution in [-0.4, -0.2) is 12.5 Å². The molecule has 21 heavy (non-hydrogen) atoms. The van der Waals surface area contributed by atoms with Crippen LogP contribution >= 0.6 is 0 Å². The number of benzene rings is 2. The van der Waals surface area contributed by atoms with Gasteiger partial charge in [0, 0.05) is 11.3 Å². The zero-order chi connectivity index (χ0) is 15.4. The van der Waals surface area contributed by atoms with Crippen molar-refractivity contribution in [3.05, 3.63) is 53.3 Å². The van der Waals surface area contributed by atoms with Gasteiger partial charge in [0.15, 0.2) is 0 Å². The van der Waals surface area contributed by atoms with Crippen LogP contribution in [0, 0.1) is 12.7 Å². The lowest BCUT2D eigenvalue weighted by molar-refractivity contribution is 0.102. The molecule has 0 spiro atoms. The summed E-state index contributed by atoms with van der Waals surface area (Å²) in [5.41, 5.74) is 7.27. The number of nitrogen functional groups attached to an aromatic ring is 1. The van der Waals surface area contributed by atoms with Crippen LogP contribution in [0.15, 0.2) is 36.4 Å². The fourth-order valence-electron chi connectivity index (χ4n) is 1.91. The first-order valence-corrected chi connectivity index (χ1v) is 6.61. The van der Waals surface area contributed by atoms with E-state index in [-0.39, 0.29) is 11.6 Å². The van der Waals surface area contributed by atoms with Crippen molar-refractivity contribution in [2.24, 2.45) is 0 Å². The van der Waals surface area contributed by atoms with Crippen LogP contribution in [0.5, 0.6) is 5.75 Å². The number of amides is 1. The molecule has 0 aromatic heterocycles. The lowest BCUT2D eigenvalue weighted by Gasteiger charge is -2.11. The summed E-state index contributed by atoms with van der Waals surface area (Å²) in [5.74, 6) is -0.128. The lowest BCUT2D eigenvalue weighted by atomic mass is 10.1. The van der Waals surface area contributed by atoms with Gasteiger partial charge in [-0.3, -0.25) is 4.79 Å². The number of carbonyl (C=O) groups excluding carboxylic acids is 1. The second-order valence-electron chi connectivity index (χ2n) is 4.60. The Bertz CT molecular complexity index is 671. The first-order chi connectivity index (χ1) is 10.0. The van der Waals surface area contributed by atoms with Crippen molar-refractivity contribution >= 4 is 17.3 Å². The molecule has 0 fully saturated rings. The van der Waals surface area contributed by atoms with Gasteiger partial charge >= 0.3 is 0 Å². The average molecular weight is 288 g/mol. The molecule has 0 saturated heterocycles. The molecule has 0 aliphatic heterocycles. The van der Waals surface area contributed by atoms with Crippen molar-refractivity contribution in [1.82, 2.24) is 0 Å². The molecule has 5 heteroatoms. The van der Waals surface area contributed by atoms with Crippen LogP contribution in [0.25, 0.3) is 0 Å². The van der Waals surface area contributed by atoms with E-state index in [4.69, 9.17) is 10.5 Å². The Labute approximate surface area is 122 Å². The molecule has 3 N–H and O–H groups in total. The molecule has 2 aromatic carbocycles. The van der Waals surface area contributed by atoms with E-state index in [1.165, 1.54) is 18.2 Å². The quantitative estimate of drug-likeness (QED) is 0.848. The normalized spacial score (nSPS) is 10.2. The fourth-order valence-corrected chi connectivity index (χ4v) is 1.91. The molecule has 0 bridgehead atoms. The Morgan fingerprint density at radius 3 is 2.67 bits per heavy atom. The first-order valence-electron chi connectivity index (χ1n) is 6.61. The number of aryl methyl sites for hydroxylation is 1. The van der Waals surface area contributed by atoms with Gasteiger partial charge in [-0.05, 0) is 55.8 Å². The number of anilines is 2. The second-order valence-corrected chi connectivity index (χ2v) is 4.60. The van der Waals surface area contributed by atoms with Crippen LogP contribution in [0.2, 0.25) is 0 Å². The summed E-state index contributed by atoms with van der Waals surface area (Å²) in [6.45, 7) is 4.36. The van der Waals surface area contributed by atoms with Crippen LogP contribution in [0.4, 0.5) is 15.8 Å². The summed E-state index contributed by atoms with van der Waals surface area (Å²) in [6, 6.07) is 9.28. The minimum absolute atomic E-state index is 0.0499. The zero-order valence-corrected chi connectivity index (χ0v) is 11.9. The van der Waals surface area contributed by atoms with E-state index in [0.29, 0.717) is 17.9 Å². The van der Waals surface area contributed by atoms with Gasteiger partial charge in [-0.2, -0.15) is 0 Å². The topological polar surface area (TPSA) is 64.3 Å². The lowest BCUT2D eigenvalue weighted by Crippen LogP contribution is -2.13. The van der Waals surface area contributed by atoms with E-state index in [1.54, 1.807) is 12.1 Å². The molecule has 0 radical (unpaired) electrons. The van der Waals surface area contributed by atoms with Gasteiger partial charge in [-0.15, -0.1) is 0 Å². The summed E-state index contributed by atoms with van der Waals surface area (Å²) in [7, 11) is 0. The van der Waals surface area contributed by atoms with E-state index in [2.05, 4.69) is 5.32 Å². The van der Waals surface area contributed by atoms with Crippen molar-refractivity contribution < 1.29 is 13.9 Å². The third-order valence-electron chi connectivity index (χ3n) is 3.02. The van der Waals surface area contributed by atoms with Crippen molar-refractivity contribution in [2.45, 2.75) is 13.8 Å². The van der Waals surface area contributed by atoms with E-state index in [1.807, 2.05) is 19.9 Å². The van der Waals surface area contributed by atoms with Gasteiger partial charge in [0.05, 0.1) is 12.3 Å². The van der Waals surface area contributed by atoms with Crippen LogP contribution < -0.4 is 15.8 Å². The smallest absolute Gasteiger partial charge is 0.255 e. The highest BCUT2D eigenvalue weighted by atomic mass is 19.1. The molecule has 0 aliphatic carbocycles. The average Bonchev–Trinajstić information content (AvgIpc) is 2.45. The number of hydrogen-bond acceptors (Lipinski definition) is 3. The maximum Gasteiger partial charge on any atom is 0.255 e. The summed E-state index contributed by atoms with van der Waals surface area (Å²) in [6.07, 6.45) is 0. The van der Waals surface area contributed by atoms with Gasteiger partial charge in [0.1, 0.15) is 11.6 Å². The van der Waals surface area contributed by atoms with Crippen molar-refractivity contribution in [3.63, 3.8) is 0 Å². The molecule has 0 atom stereocenters. The minimum atomic E-state index is -0.538. The first kappa shape index (κ1) is 14.8. The van der Waals surface area contributed by atoms with Gasteiger partial charge < -0.3 is 15.8 Å². The standard InChI is InChI=1S/C16H17FN2O2/c1-3-21-12-5-7-15(10(2)8-12)19-16(20)11-4-6-13(17)14(18)9-11/h4-9H,3,18H2,1-2H3,(H,19,20). The van der Waals surface area contributed by atoms with Crippen molar-refractivity contribution in [2.75, 3.05) is 17.7 Å². The van der Waals surface area contributed by atoms with Gasteiger partial charge in [0.2, 0.25) is 0 Å². The molecule has 0 saturated carbocycles. The summed E-state index contributed by atoms with van der Waals surface area (Å²) >= 11 is 0. The molecule has 0 unspecified atom stereocenters. The number of ether oxygens (including phenoxy) is 1. The van der Waals surface area contributed by atoms with E-state index < -0.39 is 5.82 Å². The van der Waals surface area contributed by atoms with Gasteiger partial charge in [-0.1, -0.05) is 0 Å². The predicted molar refractivity (Wildman–Crippen MR) is 81.1 cm³/mol. The highest BCUT2D eigenvalue weighted by Crippen LogP contribution is 2.22. The second kappa shape index (κ2) is 6.26. The van der Waals surface area contributed by atoms with E-state index in [9.17, 15) is 9.18 Å². The van der Waals surface area contributed by atoms with E-state index >= 15 is 0 Å². The maximum atomic E-state index is 13.1. The molecule has 0 aliphatic rings. The van der Waals surface area contributed by atoms with E-state index in [0.717, 1.165) is 11.3 Å². The number of halogens is 1. The Morgan fingerprint density at radius 1 is 1.29 bits per heavy atom. The van der Waals surface area contributed by atoms with Crippen LogP contribution in [0.1, 0.15) is 22.8 Å². The summed E-state index contributed by atoms with van der Waals surface area (Å²) in [4.78, 5) is 12.1. The monoisotopic (exact) mass is 288 g/mol. The Morgan fingerprint density at radius 2 is 2.05 bits per heavy atom. The number of carbonyl (C=O) groups is 1. The Hall–Kier alpha value is -2.56. The highest BCUT2D eigenvalue weighted by molar-refractivity contribution is 6.05. The van der Waals surface area contributed by atoms with Crippen LogP contribution in [0.3, 0.4) is 0 Å². The van der Waals surface area contributed by atoms with Gasteiger partial charge in [-0.25, -0.2) is 4.39 Å². The number of hydrogen-bond donors (Lipinski definition) is 2. The number of rotatable bonds is 4. The third-order valence-corrected chi connectivity index (χ3v) is 3.02. The molecule has 110 valence electrons. The SMILES string of the molecule is CCOc1ccc(NC(=O)c2ccc(F)c(N)c2)c(C)c1. The molecular weight excluding hydrogens is 271 g/mol. The molecule has 4 nitrogen and oxygen atoms in total. The van der Waals surface area contributed by atoms with Crippen molar-refractivity contribution in [3.8, 4) is 5.75 Å². The third kappa shape index (κ3) is 3.51. The fraction of sp³-hybridized carbons (Fsp3) is 0.188. The summed E-state index contributed by atoms with van der Waals surface area (Å²) < 4.78 is 18.5. The molecule has 1 amide bonds. The van der Waals surface area contributed by atoms with Gasteiger partial charge in [0.25, 0.3) is 5.91 Å². The number of nitrogens with one attached hydrogen (secondary N) is 1. The largest absolute Gasteiger partial charge is 0.494 e. The molecule has 0 heterocycles. The Kier molecular flexibility index (Phi) is 4.42. The molecular formula is C16H17FN2O2. The predicted octanol–water partition coefficient (Wildman–Crippen LogP) is 3.37.